The fraction of sp³-hybridized carbons (Fsp3) is 0.350. The largest absolute Gasteiger partial charge is 0.488 e. The minimum Gasteiger partial charge on any atom is -0.488 e. The molecule has 0 spiro atoms. The van der Waals surface area contributed by atoms with E-state index in [9.17, 15) is 9.59 Å². The number of rotatable bonds is 6. The lowest BCUT2D eigenvalue weighted by atomic mass is 9.80. The average molecular weight is 354 g/mol. The van der Waals surface area contributed by atoms with E-state index >= 15 is 0 Å². The van der Waals surface area contributed by atoms with Crippen LogP contribution < -0.4 is 10.1 Å². The van der Waals surface area contributed by atoms with Crippen LogP contribution in [0, 0.1) is 19.8 Å². The van der Waals surface area contributed by atoms with E-state index in [1.165, 1.54) is 0 Å². The Hall–Kier alpha value is -2.89. The van der Waals surface area contributed by atoms with Crippen LogP contribution in [0.25, 0.3) is 0 Å². The van der Waals surface area contributed by atoms with Crippen molar-refractivity contribution < 1.29 is 19.4 Å². The second-order valence-corrected chi connectivity index (χ2v) is 6.77. The van der Waals surface area contributed by atoms with Crippen LogP contribution in [0.1, 0.15) is 39.9 Å². The highest BCUT2D eigenvalue weighted by Gasteiger charge is 2.35. The van der Waals surface area contributed by atoms with E-state index in [0.717, 1.165) is 22.4 Å². The maximum Gasteiger partial charge on any atom is 0.306 e. The summed E-state index contributed by atoms with van der Waals surface area (Å²) in [5.41, 5.74) is 3.31. The van der Waals surface area contributed by atoms with Crippen molar-refractivity contribution in [3.63, 3.8) is 0 Å². The zero-order chi connectivity index (χ0) is 18.7. The normalized spacial score (nSPS) is 18.7. The number of aromatic nitrogens is 1. The number of carboxylic acids is 1. The number of hydrogen-bond donors (Lipinski definition) is 2. The van der Waals surface area contributed by atoms with Gasteiger partial charge in [-0.15, -0.1) is 0 Å². The van der Waals surface area contributed by atoms with Gasteiger partial charge in [0.1, 0.15) is 12.4 Å². The fourth-order valence-corrected chi connectivity index (χ4v) is 3.15. The Labute approximate surface area is 152 Å². The van der Waals surface area contributed by atoms with Gasteiger partial charge in [0.05, 0.1) is 5.92 Å². The molecule has 136 valence electrons. The van der Waals surface area contributed by atoms with Crippen molar-refractivity contribution in [1.82, 2.24) is 10.3 Å². The Morgan fingerprint density at radius 2 is 1.96 bits per heavy atom. The van der Waals surface area contributed by atoms with Crippen molar-refractivity contribution in [3.05, 3.63) is 58.9 Å². The predicted molar refractivity (Wildman–Crippen MR) is 96.1 cm³/mol. The zero-order valence-electron chi connectivity index (χ0n) is 14.9. The summed E-state index contributed by atoms with van der Waals surface area (Å²) in [5.74, 6) is -0.548. The third-order valence-corrected chi connectivity index (χ3v) is 4.65. The summed E-state index contributed by atoms with van der Waals surface area (Å²) in [7, 11) is 0. The first kappa shape index (κ1) is 17.9. The zero-order valence-corrected chi connectivity index (χ0v) is 14.9. The minimum atomic E-state index is -0.794. The molecule has 1 aromatic carbocycles. The molecule has 26 heavy (non-hydrogen) atoms. The maximum atomic E-state index is 12.4. The molecule has 1 heterocycles. The van der Waals surface area contributed by atoms with E-state index in [-0.39, 0.29) is 17.9 Å². The van der Waals surface area contributed by atoms with E-state index < -0.39 is 5.97 Å². The Kier molecular flexibility index (Phi) is 5.21. The van der Waals surface area contributed by atoms with Crippen molar-refractivity contribution in [2.75, 3.05) is 0 Å². The van der Waals surface area contributed by atoms with Crippen LogP contribution in [0.5, 0.6) is 5.75 Å². The molecule has 1 amide bonds. The summed E-state index contributed by atoms with van der Waals surface area (Å²) in [6.07, 6.45) is 4.46. The Balaban J connectivity index is 1.63. The molecule has 1 aromatic heterocycles. The average Bonchev–Trinajstić information content (AvgIpc) is 2.57. The van der Waals surface area contributed by atoms with Crippen LogP contribution >= 0.6 is 0 Å². The molecule has 1 saturated carbocycles. The van der Waals surface area contributed by atoms with Gasteiger partial charge < -0.3 is 15.2 Å². The number of nitrogens with zero attached hydrogens (tertiary/aromatic N) is 1. The maximum absolute atomic E-state index is 12.4. The molecule has 0 aliphatic heterocycles. The van der Waals surface area contributed by atoms with Crippen LogP contribution in [0.15, 0.2) is 36.7 Å². The Morgan fingerprint density at radius 3 is 2.54 bits per heavy atom. The smallest absolute Gasteiger partial charge is 0.306 e. The van der Waals surface area contributed by atoms with Crippen LogP contribution in [0.4, 0.5) is 0 Å². The van der Waals surface area contributed by atoms with Gasteiger partial charge >= 0.3 is 5.97 Å². The summed E-state index contributed by atoms with van der Waals surface area (Å²) in [4.78, 5) is 27.3. The molecule has 1 aliphatic carbocycles. The van der Waals surface area contributed by atoms with Gasteiger partial charge in [0, 0.05) is 29.6 Å². The second-order valence-electron chi connectivity index (χ2n) is 6.77. The highest BCUT2D eigenvalue weighted by molar-refractivity contribution is 5.95. The number of hydrogen-bond acceptors (Lipinski definition) is 4. The van der Waals surface area contributed by atoms with Crippen molar-refractivity contribution in [1.29, 1.82) is 0 Å². The Morgan fingerprint density at radius 1 is 1.27 bits per heavy atom. The van der Waals surface area contributed by atoms with E-state index in [1.807, 2.05) is 26.0 Å². The van der Waals surface area contributed by atoms with Gasteiger partial charge in [0.15, 0.2) is 0 Å². The number of carboxylic acid groups (broad SMARTS) is 1. The molecule has 0 bridgehead atoms. The van der Waals surface area contributed by atoms with Crippen LogP contribution in [0.2, 0.25) is 0 Å². The van der Waals surface area contributed by atoms with Gasteiger partial charge in [-0.1, -0.05) is 6.07 Å². The molecule has 1 fully saturated rings. The van der Waals surface area contributed by atoms with E-state index in [2.05, 4.69) is 10.3 Å². The highest BCUT2D eigenvalue weighted by atomic mass is 16.5. The number of nitrogens with one attached hydrogen (secondary N) is 1. The van der Waals surface area contributed by atoms with Crippen LogP contribution in [-0.4, -0.2) is 28.0 Å². The third kappa shape index (κ3) is 4.02. The summed E-state index contributed by atoms with van der Waals surface area (Å²) in [5, 5.41) is 11.8. The van der Waals surface area contributed by atoms with E-state index in [4.69, 9.17) is 9.84 Å². The molecular weight excluding hydrogens is 332 g/mol. The molecule has 3 rings (SSSR count). The molecule has 1 aliphatic rings. The molecular formula is C20H22N2O4. The fourth-order valence-electron chi connectivity index (χ4n) is 3.15. The van der Waals surface area contributed by atoms with Crippen molar-refractivity contribution >= 4 is 11.9 Å². The van der Waals surface area contributed by atoms with Gasteiger partial charge in [0.2, 0.25) is 0 Å². The molecule has 0 atom stereocenters. The standard InChI is InChI=1S/C20H22N2O4/c1-12-6-15(19(23)22-17-8-16(9-17)20(24)25)7-13(2)18(12)26-11-14-4-3-5-21-10-14/h3-7,10,16-17H,8-9,11H2,1-2H3,(H,22,23)(H,24,25). The summed E-state index contributed by atoms with van der Waals surface area (Å²) in [6, 6.07) is 7.34. The monoisotopic (exact) mass is 354 g/mol. The molecule has 6 heteroatoms. The molecule has 0 radical (unpaired) electrons. The molecule has 0 saturated heterocycles. The molecule has 2 N–H and O–H groups in total. The van der Waals surface area contributed by atoms with Gasteiger partial charge in [-0.25, -0.2) is 0 Å². The third-order valence-electron chi connectivity index (χ3n) is 4.65. The predicted octanol–water partition coefficient (Wildman–Crippen LogP) is 2.87. The number of aryl methyl sites for hydroxylation is 2. The van der Waals surface area contributed by atoms with Crippen molar-refractivity contribution in [2.45, 2.75) is 39.3 Å². The number of aliphatic carboxylic acids is 1. The number of amides is 1. The first-order valence-corrected chi connectivity index (χ1v) is 8.60. The van der Waals surface area contributed by atoms with E-state index in [1.54, 1.807) is 24.5 Å². The van der Waals surface area contributed by atoms with Gasteiger partial charge in [-0.3, -0.25) is 14.6 Å². The summed E-state index contributed by atoms with van der Waals surface area (Å²) >= 11 is 0. The molecule has 6 nitrogen and oxygen atoms in total. The number of carbonyl (C=O) groups is 2. The highest BCUT2D eigenvalue weighted by Crippen LogP contribution is 2.29. The Bertz CT molecular complexity index is 791. The number of carbonyl (C=O) groups excluding carboxylic acids is 1. The van der Waals surface area contributed by atoms with Gasteiger partial charge in [0.25, 0.3) is 5.91 Å². The lowest BCUT2D eigenvalue weighted by molar-refractivity contribution is -0.145. The van der Waals surface area contributed by atoms with Gasteiger partial charge in [-0.05, 0) is 56.0 Å². The number of ether oxygens (including phenoxy) is 1. The first-order chi connectivity index (χ1) is 12.4. The minimum absolute atomic E-state index is 0.0641. The van der Waals surface area contributed by atoms with Crippen molar-refractivity contribution in [3.8, 4) is 5.75 Å². The lowest BCUT2D eigenvalue weighted by Gasteiger charge is -2.32. The van der Waals surface area contributed by atoms with Gasteiger partial charge in [-0.2, -0.15) is 0 Å². The van der Waals surface area contributed by atoms with Crippen molar-refractivity contribution in [2.24, 2.45) is 5.92 Å². The number of benzene rings is 1. The van der Waals surface area contributed by atoms with Crippen LogP contribution in [0.3, 0.4) is 0 Å². The van der Waals surface area contributed by atoms with E-state index in [0.29, 0.717) is 25.0 Å². The summed E-state index contributed by atoms with van der Waals surface area (Å²) in [6.45, 7) is 4.23. The lowest BCUT2D eigenvalue weighted by Crippen LogP contribution is -2.46. The number of pyridine rings is 1. The summed E-state index contributed by atoms with van der Waals surface area (Å²) < 4.78 is 5.91. The second kappa shape index (κ2) is 7.56. The molecule has 2 aromatic rings. The SMILES string of the molecule is Cc1cc(C(=O)NC2CC(C(=O)O)C2)cc(C)c1OCc1cccnc1. The van der Waals surface area contributed by atoms with Crippen LogP contribution in [-0.2, 0) is 11.4 Å². The topological polar surface area (TPSA) is 88.5 Å². The molecule has 0 unspecified atom stereocenters. The first-order valence-electron chi connectivity index (χ1n) is 8.60. The quantitative estimate of drug-likeness (QED) is 0.833.